The fraction of sp³-hybridized carbons (Fsp3) is 0.278. The smallest absolute Gasteiger partial charge is 0.322 e. The molecule has 0 radical (unpaired) electrons. The van der Waals surface area contributed by atoms with Gasteiger partial charge >= 0.3 is 6.18 Å². The van der Waals surface area contributed by atoms with Gasteiger partial charge in [-0.3, -0.25) is 4.79 Å². The van der Waals surface area contributed by atoms with Crippen LogP contribution in [0.1, 0.15) is 47.7 Å². The van der Waals surface area contributed by atoms with E-state index in [0.29, 0.717) is 5.69 Å². The Bertz CT molecular complexity index is 677. The van der Waals surface area contributed by atoms with Gasteiger partial charge in [-0.1, -0.05) is 32.0 Å². The molecular weight excluding hydrogens is 303 g/mol. The number of amides is 1. The van der Waals surface area contributed by atoms with Crippen molar-refractivity contribution in [3.05, 3.63) is 65.2 Å². The van der Waals surface area contributed by atoms with Gasteiger partial charge in [-0.05, 0) is 48.2 Å². The number of alkyl halides is 3. The molecule has 5 heteroatoms. The molecule has 2 aromatic carbocycles. The topological polar surface area (TPSA) is 29.1 Å². The zero-order valence-corrected chi connectivity index (χ0v) is 12.9. The summed E-state index contributed by atoms with van der Waals surface area (Å²) in [7, 11) is 0. The summed E-state index contributed by atoms with van der Waals surface area (Å²) in [6.45, 7) is 4.11. The van der Waals surface area contributed by atoms with Crippen LogP contribution < -0.4 is 5.32 Å². The van der Waals surface area contributed by atoms with Gasteiger partial charge in [0.25, 0.3) is 5.91 Å². The lowest BCUT2D eigenvalue weighted by Gasteiger charge is -2.15. The fourth-order valence-electron chi connectivity index (χ4n) is 2.27. The minimum absolute atomic E-state index is 0.192. The standard InChI is InChI=1S/C18H18F3NO/c1-3-12(2)15-6-4-5-7-16(15)22-17(23)13-8-10-14(11-9-13)18(19,20)21/h4-12H,3H2,1-2H3,(H,22,23)/t12-/m0/s1. The van der Waals surface area contributed by atoms with Gasteiger partial charge in [-0.2, -0.15) is 13.2 Å². The van der Waals surface area contributed by atoms with Crippen LogP contribution in [0.15, 0.2) is 48.5 Å². The number of carbonyl (C=O) groups is 1. The molecule has 1 atom stereocenters. The number of hydrogen-bond donors (Lipinski definition) is 1. The summed E-state index contributed by atoms with van der Waals surface area (Å²) in [5.74, 6) is -0.145. The average Bonchev–Trinajstić information content (AvgIpc) is 2.54. The quantitative estimate of drug-likeness (QED) is 0.794. The van der Waals surface area contributed by atoms with Crippen LogP contribution in [-0.2, 0) is 6.18 Å². The third-order valence-electron chi connectivity index (χ3n) is 3.83. The molecule has 0 fully saturated rings. The van der Waals surface area contributed by atoms with E-state index in [0.717, 1.165) is 24.1 Å². The molecule has 0 aliphatic carbocycles. The molecule has 1 amide bonds. The van der Waals surface area contributed by atoms with E-state index in [1.807, 2.05) is 18.2 Å². The molecule has 122 valence electrons. The molecule has 0 aliphatic rings. The molecule has 1 N–H and O–H groups in total. The monoisotopic (exact) mass is 321 g/mol. The number of hydrogen-bond acceptors (Lipinski definition) is 1. The van der Waals surface area contributed by atoms with Crippen LogP contribution in [0.3, 0.4) is 0 Å². The normalized spacial score (nSPS) is 12.7. The van der Waals surface area contributed by atoms with Crippen LogP contribution in [0.4, 0.5) is 18.9 Å². The van der Waals surface area contributed by atoms with E-state index >= 15 is 0 Å². The lowest BCUT2D eigenvalue weighted by atomic mass is 9.96. The largest absolute Gasteiger partial charge is 0.416 e. The van der Waals surface area contributed by atoms with Crippen molar-refractivity contribution in [3.8, 4) is 0 Å². The Morgan fingerprint density at radius 3 is 2.26 bits per heavy atom. The first-order chi connectivity index (χ1) is 10.8. The van der Waals surface area contributed by atoms with Gasteiger partial charge in [-0.25, -0.2) is 0 Å². The Morgan fingerprint density at radius 2 is 1.70 bits per heavy atom. The first-order valence-electron chi connectivity index (χ1n) is 7.40. The molecule has 2 rings (SSSR count). The number of carbonyl (C=O) groups excluding carboxylic acids is 1. The van der Waals surface area contributed by atoms with Crippen LogP contribution >= 0.6 is 0 Å². The van der Waals surface area contributed by atoms with Crippen LogP contribution in [0, 0.1) is 0 Å². The van der Waals surface area contributed by atoms with Crippen LogP contribution in [0.25, 0.3) is 0 Å². The van der Waals surface area contributed by atoms with Crippen molar-refractivity contribution in [3.63, 3.8) is 0 Å². The lowest BCUT2D eigenvalue weighted by molar-refractivity contribution is -0.137. The minimum atomic E-state index is -4.40. The Labute approximate surface area is 133 Å². The summed E-state index contributed by atoms with van der Waals surface area (Å²) in [6.07, 6.45) is -3.48. The second kappa shape index (κ2) is 6.86. The first-order valence-corrected chi connectivity index (χ1v) is 7.40. The van der Waals surface area contributed by atoms with Crippen LogP contribution in [0.5, 0.6) is 0 Å². The van der Waals surface area contributed by atoms with Gasteiger partial charge < -0.3 is 5.32 Å². The van der Waals surface area contributed by atoms with E-state index in [2.05, 4.69) is 19.2 Å². The number of nitrogens with one attached hydrogen (secondary N) is 1. The molecule has 0 heterocycles. The van der Waals surface area contributed by atoms with Crippen molar-refractivity contribution >= 4 is 11.6 Å². The van der Waals surface area contributed by atoms with E-state index < -0.39 is 17.6 Å². The zero-order valence-electron chi connectivity index (χ0n) is 12.9. The highest BCUT2D eigenvalue weighted by atomic mass is 19.4. The first kappa shape index (κ1) is 17.1. The van der Waals surface area contributed by atoms with Gasteiger partial charge in [-0.15, -0.1) is 0 Å². The van der Waals surface area contributed by atoms with Crippen molar-refractivity contribution in [1.82, 2.24) is 0 Å². The fourth-order valence-corrected chi connectivity index (χ4v) is 2.27. The number of benzene rings is 2. The number of halogens is 3. The van der Waals surface area contributed by atoms with Crippen LogP contribution in [0.2, 0.25) is 0 Å². The third kappa shape index (κ3) is 4.12. The highest BCUT2D eigenvalue weighted by Gasteiger charge is 2.30. The molecule has 2 nitrogen and oxygen atoms in total. The van der Waals surface area contributed by atoms with Gasteiger partial charge in [0, 0.05) is 11.3 Å². The van der Waals surface area contributed by atoms with Crippen LogP contribution in [-0.4, -0.2) is 5.91 Å². The molecule has 0 saturated carbocycles. The van der Waals surface area contributed by atoms with Crippen molar-refractivity contribution in [2.45, 2.75) is 32.4 Å². The van der Waals surface area contributed by atoms with E-state index in [-0.39, 0.29) is 11.5 Å². The summed E-state index contributed by atoms with van der Waals surface area (Å²) in [4.78, 5) is 12.2. The average molecular weight is 321 g/mol. The lowest BCUT2D eigenvalue weighted by Crippen LogP contribution is -2.14. The zero-order chi connectivity index (χ0) is 17.0. The van der Waals surface area contributed by atoms with Gasteiger partial charge in [0.15, 0.2) is 0 Å². The maximum absolute atomic E-state index is 12.5. The molecule has 0 spiro atoms. The van der Waals surface area contributed by atoms with Crippen molar-refractivity contribution in [1.29, 1.82) is 0 Å². The third-order valence-corrected chi connectivity index (χ3v) is 3.83. The minimum Gasteiger partial charge on any atom is -0.322 e. The highest BCUT2D eigenvalue weighted by Crippen LogP contribution is 2.30. The van der Waals surface area contributed by atoms with Gasteiger partial charge in [0.1, 0.15) is 0 Å². The van der Waals surface area contributed by atoms with Gasteiger partial charge in [0.05, 0.1) is 5.56 Å². The SMILES string of the molecule is CC[C@H](C)c1ccccc1NC(=O)c1ccc(C(F)(F)F)cc1. The predicted octanol–water partition coefficient (Wildman–Crippen LogP) is 5.47. The maximum atomic E-state index is 12.5. The summed E-state index contributed by atoms with van der Waals surface area (Å²) >= 11 is 0. The summed E-state index contributed by atoms with van der Waals surface area (Å²) < 4.78 is 37.6. The predicted molar refractivity (Wildman–Crippen MR) is 84.5 cm³/mol. The molecule has 0 unspecified atom stereocenters. The van der Waals surface area contributed by atoms with Crippen molar-refractivity contribution in [2.75, 3.05) is 5.32 Å². The highest BCUT2D eigenvalue weighted by molar-refractivity contribution is 6.04. The molecule has 0 bridgehead atoms. The number of anilines is 1. The molecule has 0 saturated heterocycles. The van der Waals surface area contributed by atoms with E-state index in [1.54, 1.807) is 6.07 Å². The Morgan fingerprint density at radius 1 is 1.09 bits per heavy atom. The summed E-state index contributed by atoms with van der Waals surface area (Å²) in [5.41, 5.74) is 1.12. The molecule has 23 heavy (non-hydrogen) atoms. The molecular formula is C18H18F3NO. The summed E-state index contributed by atoms with van der Waals surface area (Å²) in [5, 5.41) is 2.78. The molecule has 0 aliphatic heterocycles. The molecule has 2 aromatic rings. The Hall–Kier alpha value is -2.30. The van der Waals surface area contributed by atoms with Crippen molar-refractivity contribution < 1.29 is 18.0 Å². The van der Waals surface area contributed by atoms with E-state index in [9.17, 15) is 18.0 Å². The van der Waals surface area contributed by atoms with E-state index in [1.165, 1.54) is 12.1 Å². The second-order valence-corrected chi connectivity index (χ2v) is 5.43. The number of para-hydroxylation sites is 1. The second-order valence-electron chi connectivity index (χ2n) is 5.43. The summed E-state index contributed by atoms with van der Waals surface area (Å²) in [6, 6.07) is 11.6. The van der Waals surface area contributed by atoms with Crippen molar-refractivity contribution in [2.24, 2.45) is 0 Å². The Kier molecular flexibility index (Phi) is 5.08. The van der Waals surface area contributed by atoms with E-state index in [4.69, 9.17) is 0 Å². The maximum Gasteiger partial charge on any atom is 0.416 e. The van der Waals surface area contributed by atoms with Gasteiger partial charge in [0.2, 0.25) is 0 Å². The Balaban J connectivity index is 2.20. The molecule has 0 aromatic heterocycles. The number of rotatable bonds is 4.